The van der Waals surface area contributed by atoms with E-state index in [1.165, 1.54) is 11.1 Å². The van der Waals surface area contributed by atoms with Gasteiger partial charge in [0, 0.05) is 18.2 Å². The Kier molecular flexibility index (Phi) is 6.84. The van der Waals surface area contributed by atoms with Crippen LogP contribution in [0.15, 0.2) is 30.4 Å². The first-order valence-corrected chi connectivity index (χ1v) is 12.6. The van der Waals surface area contributed by atoms with Crippen molar-refractivity contribution in [1.29, 1.82) is 0 Å². The van der Waals surface area contributed by atoms with Gasteiger partial charge >= 0.3 is 17.9 Å². The van der Waals surface area contributed by atoms with Gasteiger partial charge in [0.1, 0.15) is 11.9 Å². The van der Waals surface area contributed by atoms with E-state index in [0.717, 1.165) is 44.3 Å². The van der Waals surface area contributed by atoms with Crippen molar-refractivity contribution in [3.8, 4) is 5.75 Å². The smallest absolute Gasteiger partial charge is 0.331 e. The summed E-state index contributed by atoms with van der Waals surface area (Å²) in [4.78, 5) is 35.4. The monoisotopic (exact) mass is 483 g/mol. The summed E-state index contributed by atoms with van der Waals surface area (Å²) >= 11 is 0. The Hall–Kier alpha value is -2.67. The van der Waals surface area contributed by atoms with Gasteiger partial charge in [-0.2, -0.15) is 0 Å². The second kappa shape index (κ2) is 9.41. The Balaban J connectivity index is 1.53. The molecule has 190 valence electrons. The first-order valence-electron chi connectivity index (χ1n) is 12.6. The molecule has 0 bridgehead atoms. The largest absolute Gasteiger partial charge is 0.478 e. The van der Waals surface area contributed by atoms with Crippen LogP contribution in [0.25, 0.3) is 0 Å². The van der Waals surface area contributed by atoms with Crippen molar-refractivity contribution in [2.24, 2.45) is 22.7 Å². The van der Waals surface area contributed by atoms with Crippen LogP contribution in [-0.2, 0) is 25.5 Å². The lowest BCUT2D eigenvalue weighted by Gasteiger charge is -2.50. The molecule has 1 aromatic rings. The minimum Gasteiger partial charge on any atom is -0.478 e. The average Bonchev–Trinajstić information content (AvgIpc) is 3.07. The predicted molar refractivity (Wildman–Crippen MR) is 131 cm³/mol. The van der Waals surface area contributed by atoms with Crippen LogP contribution in [0, 0.1) is 22.7 Å². The maximum atomic E-state index is 12.3. The number of benzene rings is 1. The van der Waals surface area contributed by atoms with E-state index >= 15 is 0 Å². The highest BCUT2D eigenvalue weighted by Crippen LogP contribution is 2.61. The Labute approximate surface area is 207 Å². The van der Waals surface area contributed by atoms with Gasteiger partial charge in [0.2, 0.25) is 0 Å². The van der Waals surface area contributed by atoms with E-state index in [0.29, 0.717) is 23.5 Å². The summed E-state index contributed by atoms with van der Waals surface area (Å²) in [6, 6.07) is 6.12. The molecule has 3 aliphatic rings. The molecule has 0 spiro atoms. The molecule has 0 heterocycles. The number of rotatable bonds is 5. The van der Waals surface area contributed by atoms with Crippen LogP contribution in [0.5, 0.6) is 5.75 Å². The van der Waals surface area contributed by atoms with Gasteiger partial charge in [-0.15, -0.1) is 0 Å². The number of hydrogen-bond acceptors (Lipinski definition) is 6. The van der Waals surface area contributed by atoms with Crippen LogP contribution in [0.1, 0.15) is 70.4 Å². The number of likely N-dealkylation sites (N-methyl/N-ethyl adjacent to an activating group) is 1. The van der Waals surface area contributed by atoms with Gasteiger partial charge in [-0.3, -0.25) is 4.79 Å². The molecule has 0 unspecified atom stereocenters. The average molecular weight is 484 g/mol. The number of ether oxygens (including phenoxy) is 2. The van der Waals surface area contributed by atoms with Crippen LogP contribution in [0.4, 0.5) is 0 Å². The highest BCUT2D eigenvalue weighted by molar-refractivity contribution is 5.90. The van der Waals surface area contributed by atoms with Crippen molar-refractivity contribution in [2.75, 3.05) is 7.05 Å². The summed E-state index contributed by atoms with van der Waals surface area (Å²) in [5.41, 5.74) is 2.06. The molecular weight excluding hydrogens is 446 g/mol. The van der Waals surface area contributed by atoms with Gasteiger partial charge in [0.25, 0.3) is 0 Å². The normalized spacial score (nSPS) is 31.9. The SMILES string of the molecule is CN[C@H]1[C@H](OC(=O)/C=C\C(=O)O)C[C@H]2[C@@H]3CCc4cc(OC(=O)C(C)(C)C)ccc4[C@H]3CC[C@@]21C. The number of carbonyl (C=O) groups is 3. The van der Waals surface area contributed by atoms with Crippen molar-refractivity contribution in [2.45, 2.75) is 77.9 Å². The summed E-state index contributed by atoms with van der Waals surface area (Å²) in [5, 5.41) is 12.2. The third-order valence-electron chi connectivity index (χ3n) is 8.47. The number of nitrogens with one attached hydrogen (secondary N) is 1. The first kappa shape index (κ1) is 25.4. The molecule has 35 heavy (non-hydrogen) atoms. The van der Waals surface area contributed by atoms with Crippen LogP contribution >= 0.6 is 0 Å². The molecule has 0 saturated heterocycles. The van der Waals surface area contributed by atoms with Crippen LogP contribution in [-0.4, -0.2) is 42.2 Å². The van der Waals surface area contributed by atoms with E-state index in [-0.39, 0.29) is 23.5 Å². The van der Waals surface area contributed by atoms with Crippen molar-refractivity contribution < 1.29 is 29.0 Å². The number of fused-ring (bicyclic) bond motifs is 5. The van der Waals surface area contributed by atoms with Gasteiger partial charge < -0.3 is 19.9 Å². The van der Waals surface area contributed by atoms with Crippen molar-refractivity contribution >= 4 is 17.9 Å². The van der Waals surface area contributed by atoms with E-state index in [1.54, 1.807) is 0 Å². The summed E-state index contributed by atoms with van der Waals surface area (Å²) in [6.07, 6.45) is 6.34. The summed E-state index contributed by atoms with van der Waals surface area (Å²) in [7, 11) is 1.91. The fourth-order valence-corrected chi connectivity index (χ4v) is 6.83. The number of carboxylic acids is 1. The van der Waals surface area contributed by atoms with Crippen molar-refractivity contribution in [3.05, 3.63) is 41.5 Å². The molecular formula is C28H37NO6. The third kappa shape index (κ3) is 4.88. The minimum atomic E-state index is -1.17. The molecule has 0 radical (unpaired) electrons. The van der Waals surface area contributed by atoms with Gasteiger partial charge in [0.05, 0.1) is 5.41 Å². The lowest BCUT2D eigenvalue weighted by molar-refractivity contribution is -0.145. The van der Waals surface area contributed by atoms with E-state index in [1.807, 2.05) is 40.0 Å². The molecule has 0 amide bonds. The quantitative estimate of drug-likeness (QED) is 0.367. The molecule has 2 fully saturated rings. The Morgan fingerprint density at radius 1 is 1.17 bits per heavy atom. The van der Waals surface area contributed by atoms with Crippen LogP contribution in [0.2, 0.25) is 0 Å². The highest BCUT2D eigenvalue weighted by Gasteiger charge is 2.59. The first-order chi connectivity index (χ1) is 16.4. The molecule has 3 aliphatic carbocycles. The van der Waals surface area contributed by atoms with E-state index in [9.17, 15) is 14.4 Å². The zero-order valence-electron chi connectivity index (χ0n) is 21.3. The minimum absolute atomic E-state index is 0.00292. The molecule has 0 aromatic heterocycles. The lowest BCUT2D eigenvalue weighted by atomic mass is 9.55. The Morgan fingerprint density at radius 3 is 2.57 bits per heavy atom. The van der Waals surface area contributed by atoms with Gasteiger partial charge in [-0.25, -0.2) is 9.59 Å². The molecule has 6 atom stereocenters. The standard InChI is InChI=1S/C28H37NO6/c1-27(2,3)26(33)34-17-7-9-18-16(14-17)6-8-20-19(18)12-13-28(4)21(20)15-22(25(28)29-5)35-24(32)11-10-23(30)31/h7,9-11,14,19-22,25,29H,6,8,12-13,15H2,1-5H3,(H,30,31)/b11-10-/t19-,20-,21+,22-,25+,28+/m1/s1. The molecule has 1 aromatic carbocycles. The molecule has 2 saturated carbocycles. The van der Waals surface area contributed by atoms with E-state index < -0.39 is 17.4 Å². The maximum absolute atomic E-state index is 12.3. The summed E-state index contributed by atoms with van der Waals surface area (Å²) in [6.45, 7) is 7.86. The third-order valence-corrected chi connectivity index (χ3v) is 8.47. The molecule has 4 rings (SSSR count). The second-order valence-electron chi connectivity index (χ2n) is 11.6. The lowest BCUT2D eigenvalue weighted by Crippen LogP contribution is -2.50. The summed E-state index contributed by atoms with van der Waals surface area (Å²) < 4.78 is 11.4. The van der Waals surface area contributed by atoms with Crippen molar-refractivity contribution in [1.82, 2.24) is 5.32 Å². The number of carboxylic acid groups (broad SMARTS) is 1. The molecule has 0 aliphatic heterocycles. The Morgan fingerprint density at radius 2 is 1.91 bits per heavy atom. The molecule has 2 N–H and O–H groups in total. The number of aryl methyl sites for hydroxylation is 1. The zero-order valence-corrected chi connectivity index (χ0v) is 21.3. The van der Waals surface area contributed by atoms with Crippen LogP contribution in [0.3, 0.4) is 0 Å². The topological polar surface area (TPSA) is 102 Å². The van der Waals surface area contributed by atoms with Gasteiger partial charge in [-0.05, 0) is 106 Å². The number of aliphatic carboxylic acids is 1. The van der Waals surface area contributed by atoms with Crippen molar-refractivity contribution in [3.63, 3.8) is 0 Å². The molecule has 7 heteroatoms. The Bertz CT molecular complexity index is 1040. The van der Waals surface area contributed by atoms with E-state index in [4.69, 9.17) is 14.6 Å². The van der Waals surface area contributed by atoms with Crippen LogP contribution < -0.4 is 10.1 Å². The fraction of sp³-hybridized carbons (Fsp3) is 0.607. The second-order valence-corrected chi connectivity index (χ2v) is 11.6. The maximum Gasteiger partial charge on any atom is 0.331 e. The van der Waals surface area contributed by atoms with Gasteiger partial charge in [-0.1, -0.05) is 13.0 Å². The number of hydrogen-bond donors (Lipinski definition) is 2. The predicted octanol–water partition coefficient (Wildman–Crippen LogP) is 4.24. The fourth-order valence-electron chi connectivity index (χ4n) is 6.83. The molecule has 7 nitrogen and oxygen atoms in total. The highest BCUT2D eigenvalue weighted by atomic mass is 16.5. The summed E-state index contributed by atoms with van der Waals surface area (Å²) in [5.74, 6) is -0.0856. The number of carbonyl (C=O) groups excluding carboxylic acids is 2. The zero-order chi connectivity index (χ0) is 25.5. The number of esters is 2. The van der Waals surface area contributed by atoms with Gasteiger partial charge in [0.15, 0.2) is 0 Å². The van der Waals surface area contributed by atoms with E-state index in [2.05, 4.69) is 18.3 Å².